The lowest BCUT2D eigenvalue weighted by Gasteiger charge is -2.32. The predicted octanol–water partition coefficient (Wildman–Crippen LogP) is 1.85. The molecule has 7 nitrogen and oxygen atoms in total. The molecule has 0 spiro atoms. The van der Waals surface area contributed by atoms with Crippen LogP contribution in [0.4, 0.5) is 5.69 Å². The highest BCUT2D eigenvalue weighted by molar-refractivity contribution is 6.03. The Bertz CT molecular complexity index is 830. The van der Waals surface area contributed by atoms with E-state index in [1.54, 1.807) is 17.3 Å². The zero-order valence-electron chi connectivity index (χ0n) is 14.9. The molecule has 4 rings (SSSR count). The first kappa shape index (κ1) is 16.8. The summed E-state index contributed by atoms with van der Waals surface area (Å²) in [6, 6.07) is 3.18. The summed E-state index contributed by atoms with van der Waals surface area (Å²) in [5, 5.41) is 7.46. The highest BCUT2D eigenvalue weighted by Gasteiger charge is 2.33. The zero-order chi connectivity index (χ0) is 18.1. The Hall–Kier alpha value is -2.70. The van der Waals surface area contributed by atoms with E-state index in [0.717, 1.165) is 49.3 Å². The summed E-state index contributed by atoms with van der Waals surface area (Å²) >= 11 is 0. The molecule has 1 saturated heterocycles. The topological polar surface area (TPSA) is 80.1 Å². The van der Waals surface area contributed by atoms with Crippen LogP contribution >= 0.6 is 0 Å². The number of anilines is 1. The van der Waals surface area contributed by atoms with Crippen LogP contribution in [-0.2, 0) is 17.8 Å². The molecule has 2 aliphatic rings. The van der Waals surface area contributed by atoms with E-state index in [1.807, 2.05) is 23.7 Å². The van der Waals surface area contributed by atoms with Gasteiger partial charge < -0.3 is 10.2 Å². The van der Waals surface area contributed by atoms with Gasteiger partial charge in [0.25, 0.3) is 5.91 Å². The van der Waals surface area contributed by atoms with Crippen molar-refractivity contribution in [3.8, 4) is 0 Å². The van der Waals surface area contributed by atoms with Gasteiger partial charge in [0.05, 0.1) is 28.8 Å². The number of aryl methyl sites for hydroxylation is 2. The third-order valence-corrected chi connectivity index (χ3v) is 5.19. The minimum absolute atomic E-state index is 0.0729. The molecule has 4 heterocycles. The van der Waals surface area contributed by atoms with Gasteiger partial charge in [-0.25, -0.2) is 0 Å². The average molecular weight is 353 g/mol. The quantitative estimate of drug-likeness (QED) is 0.913. The Morgan fingerprint density at radius 1 is 1.27 bits per heavy atom. The highest BCUT2D eigenvalue weighted by Crippen LogP contribution is 2.23. The van der Waals surface area contributed by atoms with Gasteiger partial charge in [-0.3, -0.25) is 19.3 Å². The lowest BCUT2D eigenvalue weighted by molar-refractivity contribution is -0.121. The molecule has 136 valence electrons. The maximum absolute atomic E-state index is 12.9. The molecule has 0 aromatic carbocycles. The molecule has 0 aliphatic carbocycles. The molecule has 1 atom stereocenters. The molecular formula is C19H23N5O2. The number of nitrogens with zero attached hydrogens (tertiary/aromatic N) is 4. The van der Waals surface area contributed by atoms with Crippen molar-refractivity contribution in [2.45, 2.75) is 51.6 Å². The Labute approximate surface area is 152 Å². The predicted molar refractivity (Wildman–Crippen MR) is 97.0 cm³/mol. The second-order valence-electron chi connectivity index (χ2n) is 6.96. The van der Waals surface area contributed by atoms with E-state index in [-0.39, 0.29) is 11.8 Å². The maximum Gasteiger partial charge on any atom is 0.255 e. The van der Waals surface area contributed by atoms with Crippen molar-refractivity contribution < 1.29 is 9.59 Å². The lowest BCUT2D eigenvalue weighted by atomic mass is 10.0. The fourth-order valence-corrected chi connectivity index (χ4v) is 3.93. The summed E-state index contributed by atoms with van der Waals surface area (Å²) in [5.41, 5.74) is 3.16. The summed E-state index contributed by atoms with van der Waals surface area (Å²) in [4.78, 5) is 31.6. The first-order valence-electron chi connectivity index (χ1n) is 9.23. The van der Waals surface area contributed by atoms with Gasteiger partial charge in [-0.15, -0.1) is 0 Å². The summed E-state index contributed by atoms with van der Waals surface area (Å²) in [6.45, 7) is 3.38. The third kappa shape index (κ3) is 2.98. The Morgan fingerprint density at radius 3 is 2.96 bits per heavy atom. The van der Waals surface area contributed by atoms with Gasteiger partial charge in [-0.1, -0.05) is 0 Å². The fourth-order valence-electron chi connectivity index (χ4n) is 3.93. The SMILES string of the molecule is Cc1nn2c(c1C(=O)NC1CCCN(c3cccnc3)C1=O)CCCC2. The molecule has 2 aromatic heterocycles. The van der Waals surface area contributed by atoms with E-state index in [0.29, 0.717) is 18.5 Å². The Morgan fingerprint density at radius 2 is 2.15 bits per heavy atom. The van der Waals surface area contributed by atoms with Gasteiger partial charge in [0.1, 0.15) is 6.04 Å². The van der Waals surface area contributed by atoms with Crippen LogP contribution < -0.4 is 10.2 Å². The summed E-state index contributed by atoms with van der Waals surface area (Å²) < 4.78 is 1.94. The van der Waals surface area contributed by atoms with Crippen molar-refractivity contribution in [3.63, 3.8) is 0 Å². The summed E-state index contributed by atoms with van der Waals surface area (Å²) in [7, 11) is 0. The average Bonchev–Trinajstić information content (AvgIpc) is 3.00. The number of rotatable bonds is 3. The number of pyridine rings is 1. The monoisotopic (exact) mass is 353 g/mol. The van der Waals surface area contributed by atoms with Crippen molar-refractivity contribution in [2.75, 3.05) is 11.4 Å². The first-order chi connectivity index (χ1) is 12.6. The Kier molecular flexibility index (Phi) is 4.44. The molecule has 2 aromatic rings. The second-order valence-corrected chi connectivity index (χ2v) is 6.96. The maximum atomic E-state index is 12.9. The van der Waals surface area contributed by atoms with Crippen molar-refractivity contribution in [1.82, 2.24) is 20.1 Å². The number of aromatic nitrogens is 3. The van der Waals surface area contributed by atoms with Crippen molar-refractivity contribution in [2.24, 2.45) is 0 Å². The van der Waals surface area contributed by atoms with Gasteiger partial charge in [0, 0.05) is 19.3 Å². The Balaban J connectivity index is 1.53. The number of amides is 2. The number of nitrogens with one attached hydrogen (secondary N) is 1. The minimum Gasteiger partial charge on any atom is -0.340 e. The van der Waals surface area contributed by atoms with Crippen LogP contribution in [0.5, 0.6) is 0 Å². The minimum atomic E-state index is -0.505. The highest BCUT2D eigenvalue weighted by atomic mass is 16.2. The lowest BCUT2D eigenvalue weighted by Crippen LogP contribution is -2.52. The van der Waals surface area contributed by atoms with E-state index in [9.17, 15) is 9.59 Å². The van der Waals surface area contributed by atoms with Crippen LogP contribution in [-0.4, -0.2) is 39.2 Å². The van der Waals surface area contributed by atoms with Crippen LogP contribution in [0.3, 0.4) is 0 Å². The van der Waals surface area contributed by atoms with Crippen molar-refractivity contribution in [1.29, 1.82) is 0 Å². The smallest absolute Gasteiger partial charge is 0.255 e. The van der Waals surface area contributed by atoms with Crippen LogP contribution in [0.2, 0.25) is 0 Å². The van der Waals surface area contributed by atoms with E-state index >= 15 is 0 Å². The largest absolute Gasteiger partial charge is 0.340 e. The number of carbonyl (C=O) groups excluding carboxylic acids is 2. The molecule has 2 aliphatic heterocycles. The normalized spacial score (nSPS) is 20.0. The summed E-state index contributed by atoms with van der Waals surface area (Å²) in [5.74, 6) is -0.256. The van der Waals surface area contributed by atoms with E-state index in [1.165, 1.54) is 0 Å². The van der Waals surface area contributed by atoms with Crippen LogP contribution in [0.1, 0.15) is 47.4 Å². The molecule has 0 radical (unpaired) electrons. The third-order valence-electron chi connectivity index (χ3n) is 5.19. The van der Waals surface area contributed by atoms with Gasteiger partial charge in [0.2, 0.25) is 5.91 Å². The van der Waals surface area contributed by atoms with E-state index in [4.69, 9.17) is 0 Å². The standard InChI is InChI=1S/C19H23N5O2/c1-13-17(16-8-2-3-11-24(16)22-13)18(25)21-15-7-5-10-23(19(15)26)14-6-4-9-20-12-14/h4,6,9,12,15H,2-3,5,7-8,10-11H2,1H3,(H,21,25). The summed E-state index contributed by atoms with van der Waals surface area (Å²) in [6.07, 6.45) is 7.90. The molecule has 7 heteroatoms. The number of hydrogen-bond acceptors (Lipinski definition) is 4. The van der Waals surface area contributed by atoms with Gasteiger partial charge in [0.15, 0.2) is 0 Å². The number of fused-ring (bicyclic) bond motifs is 1. The van der Waals surface area contributed by atoms with Crippen molar-refractivity contribution in [3.05, 3.63) is 41.5 Å². The van der Waals surface area contributed by atoms with Crippen LogP contribution in [0, 0.1) is 6.92 Å². The molecule has 0 saturated carbocycles. The second kappa shape index (κ2) is 6.90. The van der Waals surface area contributed by atoms with Crippen LogP contribution in [0.15, 0.2) is 24.5 Å². The number of hydrogen-bond donors (Lipinski definition) is 1. The van der Waals surface area contributed by atoms with Gasteiger partial charge in [-0.2, -0.15) is 5.10 Å². The van der Waals surface area contributed by atoms with Crippen molar-refractivity contribution >= 4 is 17.5 Å². The molecule has 1 unspecified atom stereocenters. The molecule has 0 bridgehead atoms. The molecule has 2 amide bonds. The number of piperidine rings is 1. The molecular weight excluding hydrogens is 330 g/mol. The van der Waals surface area contributed by atoms with Gasteiger partial charge >= 0.3 is 0 Å². The fraction of sp³-hybridized carbons (Fsp3) is 0.474. The van der Waals surface area contributed by atoms with E-state index < -0.39 is 6.04 Å². The van der Waals surface area contributed by atoms with Crippen LogP contribution in [0.25, 0.3) is 0 Å². The number of carbonyl (C=O) groups is 2. The zero-order valence-corrected chi connectivity index (χ0v) is 14.9. The van der Waals surface area contributed by atoms with Gasteiger partial charge in [-0.05, 0) is 51.2 Å². The molecule has 26 heavy (non-hydrogen) atoms. The van der Waals surface area contributed by atoms with E-state index in [2.05, 4.69) is 15.4 Å². The molecule has 1 fully saturated rings. The first-order valence-corrected chi connectivity index (χ1v) is 9.23. The molecule has 1 N–H and O–H groups in total.